The molecule has 0 aliphatic heterocycles. The molecule has 1 aromatic heterocycles. The SMILES string of the molecule is CC(=O)O[C@H]1CC[C@@]2(C)[C@H](CC(=O)[C@H](C)[C@@]2(O)CCc2ccoc2)C1(C)C. The van der Waals surface area contributed by atoms with E-state index in [1.165, 1.54) is 6.92 Å². The van der Waals surface area contributed by atoms with Gasteiger partial charge in [0.2, 0.25) is 0 Å². The van der Waals surface area contributed by atoms with Gasteiger partial charge in [-0.3, -0.25) is 9.59 Å². The Morgan fingerprint density at radius 1 is 1.37 bits per heavy atom. The van der Waals surface area contributed by atoms with E-state index in [9.17, 15) is 14.7 Å². The number of esters is 1. The van der Waals surface area contributed by atoms with Crippen molar-refractivity contribution in [3.63, 3.8) is 0 Å². The zero-order valence-electron chi connectivity index (χ0n) is 17.1. The lowest BCUT2D eigenvalue weighted by atomic mass is 9.43. The van der Waals surface area contributed by atoms with Crippen LogP contribution in [0, 0.1) is 22.7 Å². The van der Waals surface area contributed by atoms with Gasteiger partial charge in [-0.1, -0.05) is 27.7 Å². The number of carbonyl (C=O) groups excluding carboxylic acids is 2. The fourth-order valence-corrected chi connectivity index (χ4v) is 5.85. The number of rotatable bonds is 4. The molecule has 0 unspecified atom stereocenters. The summed E-state index contributed by atoms with van der Waals surface area (Å²) in [4.78, 5) is 24.5. The molecule has 2 aliphatic rings. The Balaban J connectivity index is 1.95. The standard InChI is InChI=1S/C22H32O5/c1-14-17(24)12-18-20(3,4)19(27-15(2)23)7-9-21(18,5)22(14,25)10-6-16-8-11-26-13-16/h8,11,13-14,18-19,25H,6-7,9-10,12H2,1-5H3/t14-,18+,19-,21-,22-/m0/s1. The van der Waals surface area contributed by atoms with Crippen LogP contribution in [-0.2, 0) is 20.7 Å². The second kappa shape index (κ2) is 6.77. The van der Waals surface area contributed by atoms with Gasteiger partial charge in [0.25, 0.3) is 0 Å². The highest BCUT2D eigenvalue weighted by atomic mass is 16.5. The number of fused-ring (bicyclic) bond motifs is 1. The number of hydrogen-bond donors (Lipinski definition) is 1. The monoisotopic (exact) mass is 376 g/mol. The fourth-order valence-electron chi connectivity index (χ4n) is 5.85. The van der Waals surface area contributed by atoms with Crippen LogP contribution in [0.2, 0.25) is 0 Å². The van der Waals surface area contributed by atoms with Crippen molar-refractivity contribution in [1.29, 1.82) is 0 Å². The van der Waals surface area contributed by atoms with Crippen LogP contribution in [0.25, 0.3) is 0 Å². The lowest BCUT2D eigenvalue weighted by Crippen LogP contribution is -2.67. The van der Waals surface area contributed by atoms with Crippen LogP contribution in [0.5, 0.6) is 0 Å². The van der Waals surface area contributed by atoms with Gasteiger partial charge < -0.3 is 14.3 Å². The molecular formula is C22H32O5. The molecule has 27 heavy (non-hydrogen) atoms. The largest absolute Gasteiger partial charge is 0.472 e. The number of carbonyl (C=O) groups is 2. The molecule has 2 fully saturated rings. The van der Waals surface area contributed by atoms with E-state index in [-0.39, 0.29) is 29.2 Å². The van der Waals surface area contributed by atoms with Crippen molar-refractivity contribution in [2.45, 2.75) is 78.4 Å². The normalized spacial score (nSPS) is 38.3. The van der Waals surface area contributed by atoms with Gasteiger partial charge in [0.15, 0.2) is 0 Å². The number of Topliss-reactive ketones (excluding diaryl/α,β-unsaturated/α-hetero) is 1. The summed E-state index contributed by atoms with van der Waals surface area (Å²) in [6.45, 7) is 9.57. The summed E-state index contributed by atoms with van der Waals surface area (Å²) < 4.78 is 10.8. The molecule has 0 aromatic carbocycles. The van der Waals surface area contributed by atoms with E-state index < -0.39 is 16.9 Å². The van der Waals surface area contributed by atoms with Gasteiger partial charge in [-0.2, -0.15) is 0 Å². The first kappa shape index (κ1) is 20.1. The quantitative estimate of drug-likeness (QED) is 0.806. The number of ether oxygens (including phenoxy) is 1. The van der Waals surface area contributed by atoms with Crippen LogP contribution < -0.4 is 0 Å². The Morgan fingerprint density at radius 3 is 2.67 bits per heavy atom. The smallest absolute Gasteiger partial charge is 0.302 e. The highest BCUT2D eigenvalue weighted by Crippen LogP contribution is 2.63. The summed E-state index contributed by atoms with van der Waals surface area (Å²) in [5.41, 5.74) is -0.855. The Hall–Kier alpha value is -1.62. The van der Waals surface area contributed by atoms with Gasteiger partial charge in [0, 0.05) is 30.1 Å². The van der Waals surface area contributed by atoms with Crippen LogP contribution in [-0.4, -0.2) is 28.6 Å². The molecule has 150 valence electrons. The first-order valence-electron chi connectivity index (χ1n) is 9.96. The lowest BCUT2D eigenvalue weighted by molar-refractivity contribution is -0.230. The summed E-state index contributed by atoms with van der Waals surface area (Å²) in [7, 11) is 0. The Kier molecular flexibility index (Phi) is 5.04. The molecule has 1 aromatic rings. The van der Waals surface area contributed by atoms with E-state index in [4.69, 9.17) is 9.15 Å². The minimum absolute atomic E-state index is 0.0406. The number of ketones is 1. The average molecular weight is 376 g/mol. The summed E-state index contributed by atoms with van der Waals surface area (Å²) in [5.74, 6) is -0.640. The molecule has 5 heteroatoms. The molecule has 0 spiro atoms. The van der Waals surface area contributed by atoms with Crippen molar-refractivity contribution >= 4 is 11.8 Å². The predicted molar refractivity (Wildman–Crippen MR) is 101 cm³/mol. The predicted octanol–water partition coefficient (Wildman–Crippen LogP) is 3.93. The third-order valence-corrected chi connectivity index (χ3v) is 7.70. The van der Waals surface area contributed by atoms with Crippen molar-refractivity contribution in [1.82, 2.24) is 0 Å². The zero-order valence-corrected chi connectivity index (χ0v) is 17.1. The summed E-state index contributed by atoms with van der Waals surface area (Å²) in [6.07, 6.45) is 6.14. The maximum absolute atomic E-state index is 12.9. The third-order valence-electron chi connectivity index (χ3n) is 7.70. The molecule has 2 saturated carbocycles. The third kappa shape index (κ3) is 3.14. The molecule has 5 atom stereocenters. The van der Waals surface area contributed by atoms with E-state index in [2.05, 4.69) is 20.8 Å². The van der Waals surface area contributed by atoms with Gasteiger partial charge in [0.05, 0.1) is 18.1 Å². The van der Waals surface area contributed by atoms with Crippen LogP contribution in [0.1, 0.15) is 65.9 Å². The fraction of sp³-hybridized carbons (Fsp3) is 0.727. The van der Waals surface area contributed by atoms with Gasteiger partial charge >= 0.3 is 5.97 Å². The van der Waals surface area contributed by atoms with Gasteiger partial charge in [-0.25, -0.2) is 0 Å². The topological polar surface area (TPSA) is 76.7 Å². The second-order valence-corrected chi connectivity index (χ2v) is 9.38. The maximum Gasteiger partial charge on any atom is 0.302 e. The molecule has 0 bridgehead atoms. The number of aryl methyl sites for hydroxylation is 1. The average Bonchev–Trinajstić information content (AvgIpc) is 3.10. The molecule has 3 rings (SSSR count). The van der Waals surface area contributed by atoms with Crippen LogP contribution >= 0.6 is 0 Å². The number of furan rings is 1. The van der Waals surface area contributed by atoms with Crippen LogP contribution in [0.3, 0.4) is 0 Å². The van der Waals surface area contributed by atoms with Gasteiger partial charge in [-0.15, -0.1) is 0 Å². The molecule has 2 aliphatic carbocycles. The summed E-state index contributed by atoms with van der Waals surface area (Å²) >= 11 is 0. The Labute approximate surface area is 161 Å². The zero-order chi connectivity index (χ0) is 20.0. The number of hydrogen-bond acceptors (Lipinski definition) is 5. The molecule has 1 heterocycles. The number of aliphatic hydroxyl groups is 1. The molecule has 5 nitrogen and oxygen atoms in total. The van der Waals surface area contributed by atoms with Gasteiger partial charge in [-0.05, 0) is 43.2 Å². The lowest BCUT2D eigenvalue weighted by Gasteiger charge is -2.63. The van der Waals surface area contributed by atoms with Crippen molar-refractivity contribution in [3.8, 4) is 0 Å². The summed E-state index contributed by atoms with van der Waals surface area (Å²) in [5, 5.41) is 11.9. The van der Waals surface area contributed by atoms with Crippen molar-refractivity contribution < 1.29 is 23.8 Å². The molecule has 0 amide bonds. The highest BCUT2D eigenvalue weighted by Gasteiger charge is 2.65. The van der Waals surface area contributed by atoms with E-state index in [0.29, 0.717) is 25.7 Å². The Morgan fingerprint density at radius 2 is 2.07 bits per heavy atom. The van der Waals surface area contributed by atoms with E-state index in [1.807, 2.05) is 13.0 Å². The van der Waals surface area contributed by atoms with E-state index in [0.717, 1.165) is 12.0 Å². The van der Waals surface area contributed by atoms with Gasteiger partial charge in [0.1, 0.15) is 11.9 Å². The van der Waals surface area contributed by atoms with Crippen LogP contribution in [0.15, 0.2) is 23.0 Å². The van der Waals surface area contributed by atoms with Crippen molar-refractivity contribution in [2.75, 3.05) is 0 Å². The Bertz CT molecular complexity index is 706. The van der Waals surface area contributed by atoms with E-state index >= 15 is 0 Å². The minimum atomic E-state index is -1.09. The summed E-state index contributed by atoms with van der Waals surface area (Å²) in [6, 6.07) is 1.90. The minimum Gasteiger partial charge on any atom is -0.472 e. The van der Waals surface area contributed by atoms with E-state index in [1.54, 1.807) is 12.5 Å². The molecular weight excluding hydrogens is 344 g/mol. The first-order chi connectivity index (χ1) is 12.5. The molecule has 1 N–H and O–H groups in total. The molecule has 0 radical (unpaired) electrons. The second-order valence-electron chi connectivity index (χ2n) is 9.38. The first-order valence-corrected chi connectivity index (χ1v) is 9.96. The van der Waals surface area contributed by atoms with Crippen molar-refractivity contribution in [2.24, 2.45) is 22.7 Å². The molecule has 0 saturated heterocycles. The van der Waals surface area contributed by atoms with Crippen LogP contribution in [0.4, 0.5) is 0 Å². The maximum atomic E-state index is 12.9. The highest BCUT2D eigenvalue weighted by molar-refractivity contribution is 5.83. The van der Waals surface area contributed by atoms with Crippen molar-refractivity contribution in [3.05, 3.63) is 24.2 Å².